The third-order valence-electron chi connectivity index (χ3n) is 2.95. The molecule has 3 N–H and O–H groups in total. The summed E-state index contributed by atoms with van der Waals surface area (Å²) in [6, 6.07) is 3.38. The van der Waals surface area contributed by atoms with Gasteiger partial charge in [-0.2, -0.15) is 5.10 Å². The van der Waals surface area contributed by atoms with Gasteiger partial charge in [-0.15, -0.1) is 0 Å². The van der Waals surface area contributed by atoms with Gasteiger partial charge < -0.3 is 11.1 Å². The van der Waals surface area contributed by atoms with Crippen LogP contribution in [0.3, 0.4) is 0 Å². The number of nitrogen functional groups attached to an aromatic ring is 1. The molecular formula is C14H20N6O. The number of nitrogens with zero attached hydrogens (tertiary/aromatic N) is 4. The van der Waals surface area contributed by atoms with Gasteiger partial charge in [0, 0.05) is 31.3 Å². The number of carbonyl (C=O) groups is 1. The number of anilines is 1. The van der Waals surface area contributed by atoms with Gasteiger partial charge in [0.2, 0.25) is 0 Å². The fourth-order valence-corrected chi connectivity index (χ4v) is 2.01. The van der Waals surface area contributed by atoms with Gasteiger partial charge in [-0.3, -0.25) is 9.48 Å². The van der Waals surface area contributed by atoms with Crippen LogP contribution in [0.15, 0.2) is 18.5 Å². The molecule has 0 aromatic carbocycles. The van der Waals surface area contributed by atoms with Crippen molar-refractivity contribution in [2.24, 2.45) is 7.05 Å². The van der Waals surface area contributed by atoms with Crippen LogP contribution in [-0.2, 0) is 19.9 Å². The molecule has 0 radical (unpaired) electrons. The van der Waals surface area contributed by atoms with Crippen LogP contribution in [0, 0.1) is 0 Å². The normalized spacial score (nSPS) is 10.6. The molecule has 7 nitrogen and oxygen atoms in total. The molecule has 0 aliphatic heterocycles. The highest BCUT2D eigenvalue weighted by Crippen LogP contribution is 2.09. The Hall–Kier alpha value is -2.44. The lowest BCUT2D eigenvalue weighted by atomic mass is 10.1. The Labute approximate surface area is 123 Å². The number of carbonyl (C=O) groups excluding carboxylic acids is 1. The fourth-order valence-electron chi connectivity index (χ4n) is 2.01. The maximum absolute atomic E-state index is 12.1. The minimum absolute atomic E-state index is 0.155. The Morgan fingerprint density at radius 2 is 2.19 bits per heavy atom. The van der Waals surface area contributed by atoms with Crippen LogP contribution in [0.2, 0.25) is 0 Å². The standard InChI is InChI=1S/C14H20N6O/c1-3-4-11-7-10(8-12(15)18-11)14(21)16-6-5-13-17-9-20(2)19-13/h7-9H,3-6H2,1-2H3,(H2,15,18)(H,16,21). The number of aryl methyl sites for hydroxylation is 2. The van der Waals surface area contributed by atoms with Crippen LogP contribution >= 0.6 is 0 Å². The average molecular weight is 288 g/mol. The highest BCUT2D eigenvalue weighted by atomic mass is 16.1. The van der Waals surface area contributed by atoms with Crippen LogP contribution in [0.1, 0.15) is 35.2 Å². The topological polar surface area (TPSA) is 98.7 Å². The number of hydrogen-bond acceptors (Lipinski definition) is 5. The van der Waals surface area contributed by atoms with E-state index in [4.69, 9.17) is 5.73 Å². The zero-order chi connectivity index (χ0) is 15.2. The number of amides is 1. The van der Waals surface area contributed by atoms with Crippen molar-refractivity contribution < 1.29 is 4.79 Å². The van der Waals surface area contributed by atoms with Gasteiger partial charge in [0.1, 0.15) is 12.1 Å². The minimum Gasteiger partial charge on any atom is -0.384 e. The van der Waals surface area contributed by atoms with E-state index in [-0.39, 0.29) is 5.91 Å². The van der Waals surface area contributed by atoms with Gasteiger partial charge in [0.25, 0.3) is 5.91 Å². The molecule has 1 amide bonds. The van der Waals surface area contributed by atoms with Crippen LogP contribution in [0.25, 0.3) is 0 Å². The number of pyridine rings is 1. The van der Waals surface area contributed by atoms with Crippen LogP contribution in [-0.4, -0.2) is 32.2 Å². The number of nitrogens with one attached hydrogen (secondary N) is 1. The van der Waals surface area contributed by atoms with E-state index in [1.807, 2.05) is 7.05 Å². The molecule has 112 valence electrons. The van der Waals surface area contributed by atoms with E-state index < -0.39 is 0 Å². The van der Waals surface area contributed by atoms with E-state index in [2.05, 4.69) is 27.3 Å². The molecule has 2 heterocycles. The summed E-state index contributed by atoms with van der Waals surface area (Å²) in [5, 5.41) is 7.00. The van der Waals surface area contributed by atoms with Crippen molar-refractivity contribution >= 4 is 11.7 Å². The fraction of sp³-hybridized carbons (Fsp3) is 0.429. The van der Waals surface area contributed by atoms with E-state index in [9.17, 15) is 4.79 Å². The molecule has 0 atom stereocenters. The van der Waals surface area contributed by atoms with Crippen molar-refractivity contribution in [2.45, 2.75) is 26.2 Å². The summed E-state index contributed by atoms with van der Waals surface area (Å²) in [7, 11) is 1.81. The van der Waals surface area contributed by atoms with Gasteiger partial charge in [0.15, 0.2) is 5.82 Å². The first kappa shape index (κ1) is 15.0. The Morgan fingerprint density at radius 3 is 2.86 bits per heavy atom. The first-order valence-corrected chi connectivity index (χ1v) is 6.97. The molecule has 0 saturated carbocycles. The van der Waals surface area contributed by atoms with Gasteiger partial charge >= 0.3 is 0 Å². The molecule has 0 bridgehead atoms. The Balaban J connectivity index is 1.93. The molecule has 2 aromatic heterocycles. The van der Waals surface area contributed by atoms with Crippen molar-refractivity contribution in [1.82, 2.24) is 25.1 Å². The second-order valence-corrected chi connectivity index (χ2v) is 4.86. The Morgan fingerprint density at radius 1 is 1.38 bits per heavy atom. The summed E-state index contributed by atoms with van der Waals surface area (Å²) >= 11 is 0. The number of aromatic nitrogens is 4. The van der Waals surface area contributed by atoms with E-state index in [1.54, 1.807) is 23.1 Å². The Bertz CT molecular complexity index is 622. The summed E-state index contributed by atoms with van der Waals surface area (Å²) in [6.45, 7) is 2.54. The van der Waals surface area contributed by atoms with Crippen molar-refractivity contribution in [2.75, 3.05) is 12.3 Å². The number of rotatable bonds is 6. The molecular weight excluding hydrogens is 268 g/mol. The summed E-state index contributed by atoms with van der Waals surface area (Å²) < 4.78 is 1.64. The molecule has 0 aliphatic carbocycles. The minimum atomic E-state index is -0.155. The van der Waals surface area contributed by atoms with Gasteiger partial charge in [-0.05, 0) is 18.6 Å². The van der Waals surface area contributed by atoms with Gasteiger partial charge in [-0.1, -0.05) is 13.3 Å². The van der Waals surface area contributed by atoms with Crippen molar-refractivity contribution in [3.8, 4) is 0 Å². The predicted molar refractivity (Wildman–Crippen MR) is 79.7 cm³/mol. The Kier molecular flexibility index (Phi) is 4.86. The van der Waals surface area contributed by atoms with Crippen LogP contribution in [0.5, 0.6) is 0 Å². The highest BCUT2D eigenvalue weighted by Gasteiger charge is 2.09. The third kappa shape index (κ3) is 4.27. The summed E-state index contributed by atoms with van der Waals surface area (Å²) in [4.78, 5) is 20.4. The molecule has 0 spiro atoms. The zero-order valence-electron chi connectivity index (χ0n) is 12.3. The first-order valence-electron chi connectivity index (χ1n) is 6.97. The van der Waals surface area contributed by atoms with Crippen LogP contribution in [0.4, 0.5) is 5.82 Å². The van der Waals surface area contributed by atoms with Crippen molar-refractivity contribution in [3.05, 3.63) is 35.5 Å². The average Bonchev–Trinajstić information content (AvgIpc) is 2.84. The second-order valence-electron chi connectivity index (χ2n) is 4.86. The maximum Gasteiger partial charge on any atom is 0.251 e. The predicted octanol–water partition coefficient (Wildman–Crippen LogP) is 0.717. The smallest absolute Gasteiger partial charge is 0.251 e. The first-order chi connectivity index (χ1) is 10.1. The van der Waals surface area contributed by atoms with Gasteiger partial charge in [0.05, 0.1) is 0 Å². The zero-order valence-corrected chi connectivity index (χ0v) is 12.3. The monoisotopic (exact) mass is 288 g/mol. The maximum atomic E-state index is 12.1. The summed E-state index contributed by atoms with van der Waals surface area (Å²) in [6.07, 6.45) is 4.00. The molecule has 2 rings (SSSR count). The lowest BCUT2D eigenvalue weighted by Gasteiger charge is -2.07. The number of nitrogens with two attached hydrogens (primary N) is 1. The molecule has 2 aromatic rings. The van der Waals surface area contributed by atoms with E-state index in [0.29, 0.717) is 30.2 Å². The number of hydrogen-bond donors (Lipinski definition) is 2. The molecule has 21 heavy (non-hydrogen) atoms. The van der Waals surface area contributed by atoms with E-state index in [0.717, 1.165) is 18.5 Å². The van der Waals surface area contributed by atoms with Crippen molar-refractivity contribution in [3.63, 3.8) is 0 Å². The summed E-state index contributed by atoms with van der Waals surface area (Å²) in [5.41, 5.74) is 7.12. The summed E-state index contributed by atoms with van der Waals surface area (Å²) in [5.74, 6) is 0.925. The second kappa shape index (κ2) is 6.83. The SMILES string of the molecule is CCCc1cc(C(=O)NCCc2ncn(C)n2)cc(N)n1. The lowest BCUT2D eigenvalue weighted by molar-refractivity contribution is 0.0954. The largest absolute Gasteiger partial charge is 0.384 e. The van der Waals surface area contributed by atoms with Crippen LogP contribution < -0.4 is 11.1 Å². The van der Waals surface area contributed by atoms with E-state index in [1.165, 1.54) is 0 Å². The van der Waals surface area contributed by atoms with E-state index >= 15 is 0 Å². The highest BCUT2D eigenvalue weighted by molar-refractivity contribution is 5.94. The lowest BCUT2D eigenvalue weighted by Crippen LogP contribution is -2.26. The molecule has 0 aliphatic rings. The molecule has 0 saturated heterocycles. The van der Waals surface area contributed by atoms with Gasteiger partial charge in [-0.25, -0.2) is 9.97 Å². The molecule has 0 unspecified atom stereocenters. The third-order valence-corrected chi connectivity index (χ3v) is 2.95. The molecule has 7 heteroatoms. The quantitative estimate of drug-likeness (QED) is 0.816. The molecule has 0 fully saturated rings. The van der Waals surface area contributed by atoms with Crippen molar-refractivity contribution in [1.29, 1.82) is 0 Å².